The highest BCUT2D eigenvalue weighted by molar-refractivity contribution is 5.92. The summed E-state index contributed by atoms with van der Waals surface area (Å²) < 4.78 is 10.3. The van der Waals surface area contributed by atoms with E-state index in [1.165, 1.54) is 18.7 Å². The quantitative estimate of drug-likeness (QED) is 0.497. The van der Waals surface area contributed by atoms with E-state index >= 15 is 0 Å². The monoisotopic (exact) mass is 354 g/mol. The van der Waals surface area contributed by atoms with Crippen LogP contribution in [-0.4, -0.2) is 23.0 Å². The van der Waals surface area contributed by atoms with E-state index in [0.29, 0.717) is 17.3 Å². The molecule has 0 unspecified atom stereocenters. The molecule has 2 heterocycles. The molecule has 134 valence electrons. The Hall–Kier alpha value is -3.75. The van der Waals surface area contributed by atoms with Crippen molar-refractivity contribution in [2.24, 2.45) is 0 Å². The van der Waals surface area contributed by atoms with Crippen molar-refractivity contribution in [2.75, 3.05) is 23.6 Å². The van der Waals surface area contributed by atoms with Gasteiger partial charge in [0.2, 0.25) is 0 Å². The number of ether oxygens (including phenoxy) is 1. The summed E-state index contributed by atoms with van der Waals surface area (Å²) in [7, 11) is 1.58. The number of nitrogens with zero attached hydrogens (tertiary/aromatic N) is 2. The number of hydrogen-bond acceptors (Lipinski definition) is 8. The summed E-state index contributed by atoms with van der Waals surface area (Å²) in [6, 6.07) is 8.84. The van der Waals surface area contributed by atoms with E-state index in [9.17, 15) is 4.79 Å². The third-order valence-electron chi connectivity index (χ3n) is 3.53. The molecule has 5 N–H and O–H groups in total. The van der Waals surface area contributed by atoms with Crippen LogP contribution in [0, 0.1) is 6.92 Å². The summed E-state index contributed by atoms with van der Waals surface area (Å²) in [4.78, 5) is 20.1. The standard InChI is InChI=1S/C17H18N6O3/c1-10-5-6-12(25-2)11(8-10)21-15-14(18)16(20-9-19-15)22-23-17(24)13-4-3-7-26-13/h3-9H,18H2,1-2H3,(H,23,24)(H2,19,20,21,22). The number of hydrogen-bond donors (Lipinski definition) is 4. The largest absolute Gasteiger partial charge is 0.495 e. The number of nitrogens with one attached hydrogen (secondary N) is 3. The molecule has 0 aliphatic carbocycles. The average Bonchev–Trinajstić information content (AvgIpc) is 3.17. The predicted molar refractivity (Wildman–Crippen MR) is 97.3 cm³/mol. The van der Waals surface area contributed by atoms with Crippen LogP contribution in [0.5, 0.6) is 5.75 Å². The SMILES string of the molecule is COc1ccc(C)cc1Nc1ncnc(NNC(=O)c2ccco2)c1N. The molecular weight excluding hydrogens is 336 g/mol. The van der Waals surface area contributed by atoms with Gasteiger partial charge in [-0.3, -0.25) is 15.6 Å². The summed E-state index contributed by atoms with van der Waals surface area (Å²) in [5.41, 5.74) is 13.2. The van der Waals surface area contributed by atoms with Gasteiger partial charge in [0.15, 0.2) is 17.4 Å². The van der Waals surface area contributed by atoms with Crippen LogP contribution in [0.15, 0.2) is 47.3 Å². The number of amides is 1. The molecule has 0 aliphatic rings. The Balaban J connectivity index is 1.77. The Labute approximate surface area is 149 Å². The number of furan rings is 1. The lowest BCUT2D eigenvalue weighted by molar-refractivity contribution is 0.0935. The van der Waals surface area contributed by atoms with Gasteiger partial charge in [-0.05, 0) is 36.8 Å². The Morgan fingerprint density at radius 3 is 2.77 bits per heavy atom. The lowest BCUT2D eigenvalue weighted by Gasteiger charge is -2.15. The molecule has 1 aromatic carbocycles. The summed E-state index contributed by atoms with van der Waals surface area (Å²) in [6.07, 6.45) is 2.73. The number of methoxy groups -OCH3 is 1. The van der Waals surface area contributed by atoms with Gasteiger partial charge in [-0.25, -0.2) is 9.97 Å². The smallest absolute Gasteiger partial charge is 0.305 e. The summed E-state index contributed by atoms with van der Waals surface area (Å²) in [6.45, 7) is 1.96. The van der Waals surface area contributed by atoms with Crippen molar-refractivity contribution in [1.82, 2.24) is 15.4 Å². The maximum atomic E-state index is 11.9. The average molecular weight is 354 g/mol. The first-order valence-corrected chi connectivity index (χ1v) is 7.70. The van der Waals surface area contributed by atoms with Crippen LogP contribution >= 0.6 is 0 Å². The fourth-order valence-corrected chi connectivity index (χ4v) is 2.23. The van der Waals surface area contributed by atoms with Crippen LogP contribution in [0.3, 0.4) is 0 Å². The van der Waals surface area contributed by atoms with E-state index in [1.807, 2.05) is 25.1 Å². The van der Waals surface area contributed by atoms with Crippen molar-refractivity contribution in [3.63, 3.8) is 0 Å². The molecule has 2 aromatic heterocycles. The number of carbonyl (C=O) groups excluding carboxylic acids is 1. The van der Waals surface area contributed by atoms with Gasteiger partial charge in [0, 0.05) is 0 Å². The number of aryl methyl sites for hydroxylation is 1. The molecule has 26 heavy (non-hydrogen) atoms. The maximum Gasteiger partial charge on any atom is 0.305 e. The van der Waals surface area contributed by atoms with Gasteiger partial charge in [0.1, 0.15) is 17.8 Å². The number of benzene rings is 1. The molecule has 3 aromatic rings. The molecule has 3 rings (SSSR count). The van der Waals surface area contributed by atoms with Crippen molar-refractivity contribution in [2.45, 2.75) is 6.92 Å². The highest BCUT2D eigenvalue weighted by Gasteiger charge is 2.13. The summed E-state index contributed by atoms with van der Waals surface area (Å²) in [5, 5.41) is 3.12. The van der Waals surface area contributed by atoms with Crippen LogP contribution in [0.4, 0.5) is 23.0 Å². The molecule has 0 spiro atoms. The second-order valence-electron chi connectivity index (χ2n) is 5.37. The number of hydrazine groups is 1. The second-order valence-corrected chi connectivity index (χ2v) is 5.37. The first kappa shape index (κ1) is 17.1. The molecular formula is C17H18N6O3. The minimum absolute atomic E-state index is 0.160. The summed E-state index contributed by atoms with van der Waals surface area (Å²) in [5.74, 6) is 0.970. The fourth-order valence-electron chi connectivity index (χ4n) is 2.23. The molecule has 0 saturated carbocycles. The van der Waals surface area contributed by atoms with Crippen molar-refractivity contribution >= 4 is 28.9 Å². The van der Waals surface area contributed by atoms with Gasteiger partial charge in [0.05, 0.1) is 19.1 Å². The van der Waals surface area contributed by atoms with Gasteiger partial charge < -0.3 is 20.2 Å². The molecule has 1 amide bonds. The minimum Gasteiger partial charge on any atom is -0.495 e. The first-order valence-electron chi connectivity index (χ1n) is 7.70. The van der Waals surface area contributed by atoms with Crippen LogP contribution < -0.4 is 26.6 Å². The highest BCUT2D eigenvalue weighted by Crippen LogP contribution is 2.31. The van der Waals surface area contributed by atoms with E-state index in [1.54, 1.807) is 13.2 Å². The van der Waals surface area contributed by atoms with E-state index in [4.69, 9.17) is 14.9 Å². The lowest BCUT2D eigenvalue weighted by Crippen LogP contribution is -2.30. The Bertz CT molecular complexity index is 911. The Kier molecular flexibility index (Phi) is 4.88. The second kappa shape index (κ2) is 7.43. The van der Waals surface area contributed by atoms with E-state index in [0.717, 1.165) is 5.56 Å². The number of aromatic nitrogens is 2. The van der Waals surface area contributed by atoms with Crippen LogP contribution in [-0.2, 0) is 0 Å². The van der Waals surface area contributed by atoms with Crippen LogP contribution in [0.25, 0.3) is 0 Å². The number of nitrogen functional groups attached to an aromatic ring is 1. The zero-order chi connectivity index (χ0) is 18.5. The number of nitrogens with two attached hydrogens (primary N) is 1. The fraction of sp³-hybridized carbons (Fsp3) is 0.118. The molecule has 0 atom stereocenters. The maximum absolute atomic E-state index is 11.9. The molecule has 0 saturated heterocycles. The molecule has 0 bridgehead atoms. The lowest BCUT2D eigenvalue weighted by atomic mass is 10.2. The zero-order valence-corrected chi connectivity index (χ0v) is 14.2. The van der Waals surface area contributed by atoms with E-state index < -0.39 is 5.91 Å². The molecule has 0 fully saturated rings. The topological polar surface area (TPSA) is 127 Å². The van der Waals surface area contributed by atoms with Gasteiger partial charge in [-0.1, -0.05) is 6.07 Å². The molecule has 0 aliphatic heterocycles. The van der Waals surface area contributed by atoms with Gasteiger partial charge in [0.25, 0.3) is 0 Å². The Morgan fingerprint density at radius 1 is 1.23 bits per heavy atom. The normalized spacial score (nSPS) is 10.2. The minimum atomic E-state index is -0.456. The first-order chi connectivity index (χ1) is 12.6. The predicted octanol–water partition coefficient (Wildman–Crippen LogP) is 2.47. The number of anilines is 4. The number of rotatable bonds is 6. The van der Waals surface area contributed by atoms with Crippen LogP contribution in [0.1, 0.15) is 16.1 Å². The van der Waals surface area contributed by atoms with Crippen molar-refractivity contribution in [1.29, 1.82) is 0 Å². The van der Waals surface area contributed by atoms with Gasteiger partial charge >= 0.3 is 5.91 Å². The third-order valence-corrected chi connectivity index (χ3v) is 3.53. The van der Waals surface area contributed by atoms with Crippen molar-refractivity contribution in [3.05, 3.63) is 54.2 Å². The third kappa shape index (κ3) is 3.66. The summed E-state index contributed by atoms with van der Waals surface area (Å²) >= 11 is 0. The van der Waals surface area contributed by atoms with E-state index in [2.05, 4.69) is 26.1 Å². The highest BCUT2D eigenvalue weighted by atomic mass is 16.5. The molecule has 0 radical (unpaired) electrons. The Morgan fingerprint density at radius 2 is 2.04 bits per heavy atom. The number of carbonyl (C=O) groups is 1. The molecule has 9 heteroatoms. The van der Waals surface area contributed by atoms with Crippen molar-refractivity contribution < 1.29 is 13.9 Å². The van der Waals surface area contributed by atoms with Crippen LogP contribution in [0.2, 0.25) is 0 Å². The van der Waals surface area contributed by atoms with E-state index in [-0.39, 0.29) is 17.3 Å². The molecule has 9 nitrogen and oxygen atoms in total. The van der Waals surface area contributed by atoms with Gasteiger partial charge in [-0.2, -0.15) is 0 Å². The zero-order valence-electron chi connectivity index (χ0n) is 14.2. The van der Waals surface area contributed by atoms with Crippen molar-refractivity contribution in [3.8, 4) is 5.75 Å². The van der Waals surface area contributed by atoms with Gasteiger partial charge in [-0.15, -0.1) is 0 Å².